The first-order valence-corrected chi connectivity index (χ1v) is 8.45. The molecule has 25 heavy (non-hydrogen) atoms. The second kappa shape index (κ2) is 6.78. The fourth-order valence-corrected chi connectivity index (χ4v) is 3.10. The van der Waals surface area contributed by atoms with Crippen molar-refractivity contribution in [1.29, 1.82) is 0 Å². The number of hydrogen-bond donors (Lipinski definition) is 1. The number of benzene rings is 2. The van der Waals surface area contributed by atoms with E-state index in [0.717, 1.165) is 28.3 Å². The maximum atomic E-state index is 12.7. The number of nitrogens with zero attached hydrogens (tertiary/aromatic N) is 5. The summed E-state index contributed by atoms with van der Waals surface area (Å²) in [6, 6.07) is 14.8. The lowest BCUT2D eigenvalue weighted by Gasteiger charge is -2.19. The van der Waals surface area contributed by atoms with Gasteiger partial charge < -0.3 is 5.32 Å². The van der Waals surface area contributed by atoms with E-state index in [0.29, 0.717) is 12.1 Å². The van der Waals surface area contributed by atoms with Crippen LogP contribution in [0.25, 0.3) is 11.0 Å². The summed E-state index contributed by atoms with van der Waals surface area (Å²) in [5, 5.41) is 11.3. The Hall–Kier alpha value is -3.13. The monoisotopic (exact) mass is 350 g/mol. The van der Waals surface area contributed by atoms with Crippen LogP contribution >= 0.6 is 11.7 Å². The van der Waals surface area contributed by atoms with Crippen LogP contribution in [-0.4, -0.2) is 29.6 Å². The molecular formula is C17H14N6OS. The quantitative estimate of drug-likeness (QED) is 0.597. The molecule has 0 bridgehead atoms. The van der Waals surface area contributed by atoms with Gasteiger partial charge in [-0.1, -0.05) is 30.3 Å². The number of carbonyl (C=O) groups excluding carboxylic acids is 1. The average molecular weight is 350 g/mol. The van der Waals surface area contributed by atoms with Gasteiger partial charge in [0.1, 0.15) is 11.0 Å². The molecular weight excluding hydrogens is 336 g/mol. The van der Waals surface area contributed by atoms with Gasteiger partial charge in [0, 0.05) is 5.56 Å². The molecule has 0 saturated carbocycles. The normalized spacial score (nSPS) is 12.2. The van der Waals surface area contributed by atoms with E-state index in [-0.39, 0.29) is 11.9 Å². The van der Waals surface area contributed by atoms with Crippen molar-refractivity contribution in [1.82, 2.24) is 29.1 Å². The summed E-state index contributed by atoms with van der Waals surface area (Å²) in [6.45, 7) is 0.448. The van der Waals surface area contributed by atoms with Crippen molar-refractivity contribution < 1.29 is 4.79 Å². The zero-order valence-electron chi connectivity index (χ0n) is 13.1. The molecule has 1 atom stereocenters. The number of aromatic nitrogens is 5. The molecule has 1 amide bonds. The first-order valence-electron chi connectivity index (χ1n) is 7.72. The summed E-state index contributed by atoms with van der Waals surface area (Å²) >= 11 is 1.14. The summed E-state index contributed by atoms with van der Waals surface area (Å²) in [4.78, 5) is 14.3. The molecule has 2 heterocycles. The molecule has 4 rings (SSSR count). The first-order chi connectivity index (χ1) is 12.3. The van der Waals surface area contributed by atoms with Crippen LogP contribution in [0, 0.1) is 0 Å². The highest BCUT2D eigenvalue weighted by Crippen LogP contribution is 2.17. The van der Waals surface area contributed by atoms with Crippen molar-refractivity contribution in [3.63, 3.8) is 0 Å². The largest absolute Gasteiger partial charge is 0.343 e. The lowest BCUT2D eigenvalue weighted by atomic mass is 10.1. The maximum Gasteiger partial charge on any atom is 0.251 e. The van der Waals surface area contributed by atoms with Crippen LogP contribution in [0.4, 0.5) is 0 Å². The van der Waals surface area contributed by atoms with E-state index >= 15 is 0 Å². The van der Waals surface area contributed by atoms with Crippen molar-refractivity contribution >= 4 is 28.7 Å². The summed E-state index contributed by atoms with van der Waals surface area (Å²) < 4.78 is 8.34. The second-order valence-corrected chi connectivity index (χ2v) is 6.02. The zero-order valence-corrected chi connectivity index (χ0v) is 13.9. The van der Waals surface area contributed by atoms with Crippen LogP contribution < -0.4 is 5.32 Å². The summed E-state index contributed by atoms with van der Waals surface area (Å²) in [6.07, 6.45) is 3.24. The third-order valence-electron chi connectivity index (χ3n) is 3.84. The van der Waals surface area contributed by atoms with Crippen LogP contribution in [-0.2, 0) is 6.54 Å². The molecule has 124 valence electrons. The van der Waals surface area contributed by atoms with E-state index in [1.807, 2.05) is 30.3 Å². The highest BCUT2D eigenvalue weighted by Gasteiger charge is 2.17. The van der Waals surface area contributed by atoms with Crippen molar-refractivity contribution in [2.24, 2.45) is 0 Å². The van der Waals surface area contributed by atoms with Gasteiger partial charge in [0.2, 0.25) is 0 Å². The van der Waals surface area contributed by atoms with Crippen LogP contribution in [0.2, 0.25) is 0 Å². The molecule has 1 N–H and O–H groups in total. The Balaban J connectivity index is 1.59. The lowest BCUT2D eigenvalue weighted by molar-refractivity contribution is 0.0931. The van der Waals surface area contributed by atoms with Crippen LogP contribution in [0.15, 0.2) is 60.9 Å². The van der Waals surface area contributed by atoms with Gasteiger partial charge in [-0.2, -0.15) is 23.7 Å². The number of hydrogen-bond acceptors (Lipinski definition) is 6. The second-order valence-electron chi connectivity index (χ2n) is 5.49. The molecule has 0 aliphatic carbocycles. The van der Waals surface area contributed by atoms with Gasteiger partial charge in [-0.25, -0.2) is 0 Å². The van der Waals surface area contributed by atoms with Gasteiger partial charge in [0.25, 0.3) is 5.91 Å². The van der Waals surface area contributed by atoms with Crippen molar-refractivity contribution in [2.45, 2.75) is 12.6 Å². The smallest absolute Gasteiger partial charge is 0.251 e. The van der Waals surface area contributed by atoms with Gasteiger partial charge in [0.15, 0.2) is 0 Å². The molecule has 0 fully saturated rings. The van der Waals surface area contributed by atoms with Crippen LogP contribution in [0.3, 0.4) is 0 Å². The third-order valence-corrected chi connectivity index (χ3v) is 4.39. The molecule has 0 saturated heterocycles. The topological polar surface area (TPSA) is 85.6 Å². The SMILES string of the molecule is O=C(NC(Cn1nccn1)c1ccccc1)c1ccc2nsnc2c1. The summed E-state index contributed by atoms with van der Waals surface area (Å²) in [7, 11) is 0. The van der Waals surface area contributed by atoms with Crippen molar-refractivity contribution in [3.8, 4) is 0 Å². The molecule has 0 radical (unpaired) electrons. The van der Waals surface area contributed by atoms with E-state index in [2.05, 4.69) is 24.3 Å². The molecule has 8 heteroatoms. The van der Waals surface area contributed by atoms with Crippen LogP contribution in [0.1, 0.15) is 22.0 Å². The van der Waals surface area contributed by atoms with Gasteiger partial charge >= 0.3 is 0 Å². The minimum Gasteiger partial charge on any atom is -0.343 e. The number of fused-ring (bicyclic) bond motifs is 1. The summed E-state index contributed by atoms with van der Waals surface area (Å²) in [5.41, 5.74) is 3.06. The molecule has 0 spiro atoms. The standard InChI is InChI=1S/C17H14N6OS/c24-17(13-6-7-14-15(10-13)22-25-21-14)20-16(11-23-18-8-9-19-23)12-4-2-1-3-5-12/h1-10,16H,11H2,(H,20,24). The summed E-state index contributed by atoms with van der Waals surface area (Å²) in [5.74, 6) is -0.170. The van der Waals surface area contributed by atoms with Crippen molar-refractivity contribution in [3.05, 3.63) is 72.1 Å². The predicted octanol–water partition coefficient (Wildman–Crippen LogP) is 2.45. The number of carbonyl (C=O) groups is 1. The van der Waals surface area contributed by atoms with E-state index in [1.54, 1.807) is 35.4 Å². The van der Waals surface area contributed by atoms with Crippen LogP contribution in [0.5, 0.6) is 0 Å². The maximum absolute atomic E-state index is 12.7. The molecule has 4 aromatic rings. The Kier molecular flexibility index (Phi) is 4.17. The van der Waals surface area contributed by atoms with E-state index in [1.165, 1.54) is 0 Å². The molecule has 2 aromatic heterocycles. The highest BCUT2D eigenvalue weighted by molar-refractivity contribution is 7.00. The molecule has 1 unspecified atom stereocenters. The highest BCUT2D eigenvalue weighted by atomic mass is 32.1. The van der Waals surface area contributed by atoms with Gasteiger partial charge in [-0.05, 0) is 23.8 Å². The third kappa shape index (κ3) is 3.38. The molecule has 2 aromatic carbocycles. The number of amides is 1. The van der Waals surface area contributed by atoms with Crippen molar-refractivity contribution in [2.75, 3.05) is 0 Å². The zero-order chi connectivity index (χ0) is 17.1. The fourth-order valence-electron chi connectivity index (χ4n) is 2.59. The Labute approximate surface area is 147 Å². The Morgan fingerprint density at radius 3 is 2.60 bits per heavy atom. The first kappa shape index (κ1) is 15.4. The number of nitrogens with one attached hydrogen (secondary N) is 1. The average Bonchev–Trinajstić information content (AvgIpc) is 3.32. The molecule has 0 aliphatic heterocycles. The lowest BCUT2D eigenvalue weighted by Crippen LogP contribution is -2.32. The minimum atomic E-state index is -0.245. The molecule has 7 nitrogen and oxygen atoms in total. The van der Waals surface area contributed by atoms with Gasteiger partial charge in [-0.15, -0.1) is 0 Å². The van der Waals surface area contributed by atoms with E-state index in [4.69, 9.17) is 0 Å². The van der Waals surface area contributed by atoms with Gasteiger partial charge in [-0.3, -0.25) is 4.79 Å². The Bertz CT molecular complexity index is 983. The van der Waals surface area contributed by atoms with E-state index in [9.17, 15) is 4.79 Å². The fraction of sp³-hybridized carbons (Fsp3) is 0.118. The van der Waals surface area contributed by atoms with E-state index < -0.39 is 0 Å². The Morgan fingerprint density at radius 2 is 1.80 bits per heavy atom. The Morgan fingerprint density at radius 1 is 1.04 bits per heavy atom. The molecule has 0 aliphatic rings. The minimum absolute atomic E-state index is 0.170. The number of rotatable bonds is 5. The van der Waals surface area contributed by atoms with Gasteiger partial charge in [0.05, 0.1) is 36.7 Å². The predicted molar refractivity (Wildman–Crippen MR) is 94.1 cm³/mol.